The Hall–Kier alpha value is -3.24. The van der Waals surface area contributed by atoms with Crippen LogP contribution in [0, 0.1) is 17.1 Å². The molecule has 26 heavy (non-hydrogen) atoms. The molecule has 3 N–H and O–H groups in total. The first kappa shape index (κ1) is 19.1. The van der Waals surface area contributed by atoms with Crippen molar-refractivity contribution in [2.75, 3.05) is 24.2 Å². The highest BCUT2D eigenvalue weighted by molar-refractivity contribution is 5.94. The average Bonchev–Trinajstić information content (AvgIpc) is 2.63. The zero-order valence-corrected chi connectivity index (χ0v) is 14.5. The van der Waals surface area contributed by atoms with Crippen LogP contribution in [0.1, 0.15) is 12.5 Å². The van der Waals surface area contributed by atoms with Crippen LogP contribution in [-0.4, -0.2) is 31.4 Å². The van der Waals surface area contributed by atoms with Crippen molar-refractivity contribution in [2.24, 2.45) is 0 Å². The van der Waals surface area contributed by atoms with Crippen molar-refractivity contribution < 1.29 is 18.9 Å². The zero-order chi connectivity index (χ0) is 19.1. The molecule has 2 aromatic rings. The number of carbonyl (C=O) groups is 2. The second-order valence-corrected chi connectivity index (χ2v) is 5.98. The molecule has 0 aliphatic carbocycles. The molecule has 0 spiro atoms. The van der Waals surface area contributed by atoms with Gasteiger partial charge in [-0.3, -0.25) is 9.59 Å². The molecule has 2 aromatic carbocycles. The summed E-state index contributed by atoms with van der Waals surface area (Å²) < 4.78 is 12.9. The lowest BCUT2D eigenvalue weighted by Gasteiger charge is -2.20. The first-order chi connectivity index (χ1) is 12.4. The largest absolute Gasteiger partial charge is 0.321 e. The molecule has 6 nitrogen and oxygen atoms in total. The summed E-state index contributed by atoms with van der Waals surface area (Å²) in [4.78, 5) is 25.1. The maximum atomic E-state index is 12.9. The Morgan fingerprint density at radius 1 is 1.15 bits per heavy atom. The fourth-order valence-electron chi connectivity index (χ4n) is 2.29. The van der Waals surface area contributed by atoms with Gasteiger partial charge < -0.3 is 15.5 Å². The first-order valence-corrected chi connectivity index (χ1v) is 8.08. The number of benzene rings is 2. The van der Waals surface area contributed by atoms with E-state index < -0.39 is 6.04 Å². The number of nitrogens with zero attached hydrogens (tertiary/aromatic N) is 1. The molecule has 0 aliphatic heterocycles. The van der Waals surface area contributed by atoms with E-state index >= 15 is 0 Å². The molecular formula is C19H20FN4O2+. The molecule has 2 rings (SSSR count). The number of rotatable bonds is 6. The lowest BCUT2D eigenvalue weighted by atomic mass is 10.2. The minimum absolute atomic E-state index is 0.0736. The summed E-state index contributed by atoms with van der Waals surface area (Å²) in [6, 6.07) is 13.6. The van der Waals surface area contributed by atoms with Crippen molar-refractivity contribution in [1.82, 2.24) is 0 Å². The fourth-order valence-corrected chi connectivity index (χ4v) is 2.29. The standard InChI is InChI=1S/C19H19FN4O2/c1-13(19(26)23-17-5-3-4-14(10-17)11-21)24(2)12-18(25)22-16-8-6-15(20)7-9-16/h3-10,13H,12H2,1-2H3,(H,22,25)(H,23,26)/p+1/t13-/m1/s1. The minimum atomic E-state index is -0.486. The summed E-state index contributed by atoms with van der Waals surface area (Å²) in [5.41, 5.74) is 1.48. The van der Waals surface area contributed by atoms with E-state index in [0.29, 0.717) is 21.8 Å². The monoisotopic (exact) mass is 355 g/mol. The highest BCUT2D eigenvalue weighted by atomic mass is 19.1. The van der Waals surface area contributed by atoms with Crippen molar-refractivity contribution in [3.63, 3.8) is 0 Å². The Bertz CT molecular complexity index is 830. The van der Waals surface area contributed by atoms with Crippen molar-refractivity contribution >= 4 is 23.2 Å². The van der Waals surface area contributed by atoms with Gasteiger partial charge in [0.2, 0.25) is 0 Å². The van der Waals surface area contributed by atoms with Crippen molar-refractivity contribution in [2.45, 2.75) is 13.0 Å². The Kier molecular flexibility index (Phi) is 6.42. The number of nitriles is 1. The number of likely N-dealkylation sites (N-methyl/N-ethyl adjacent to an activating group) is 1. The van der Waals surface area contributed by atoms with Crippen LogP contribution in [0.2, 0.25) is 0 Å². The molecule has 0 bridgehead atoms. The van der Waals surface area contributed by atoms with Gasteiger partial charge in [0, 0.05) is 11.4 Å². The van der Waals surface area contributed by atoms with E-state index in [1.165, 1.54) is 24.3 Å². The van der Waals surface area contributed by atoms with E-state index in [0.717, 1.165) is 0 Å². The molecule has 0 saturated carbocycles. The molecule has 0 aromatic heterocycles. The Morgan fingerprint density at radius 2 is 1.85 bits per heavy atom. The number of hydrogen-bond acceptors (Lipinski definition) is 3. The number of anilines is 2. The third-order valence-corrected chi connectivity index (χ3v) is 3.96. The maximum Gasteiger partial charge on any atom is 0.282 e. The van der Waals surface area contributed by atoms with Gasteiger partial charge in [-0.05, 0) is 49.4 Å². The van der Waals surface area contributed by atoms with Crippen LogP contribution in [0.3, 0.4) is 0 Å². The Morgan fingerprint density at radius 3 is 2.50 bits per heavy atom. The summed E-state index contributed by atoms with van der Waals surface area (Å²) in [7, 11) is 1.74. The first-order valence-electron chi connectivity index (χ1n) is 8.08. The van der Waals surface area contributed by atoms with Crippen LogP contribution in [0.15, 0.2) is 48.5 Å². The molecule has 0 radical (unpaired) electrons. The molecule has 2 atom stereocenters. The lowest BCUT2D eigenvalue weighted by Crippen LogP contribution is -3.14. The van der Waals surface area contributed by atoms with Crippen LogP contribution in [-0.2, 0) is 9.59 Å². The summed E-state index contributed by atoms with van der Waals surface area (Å²) in [5, 5.41) is 14.3. The quantitative estimate of drug-likeness (QED) is 0.727. The molecule has 2 amide bonds. The van der Waals surface area contributed by atoms with Gasteiger partial charge in [0.25, 0.3) is 11.8 Å². The topological polar surface area (TPSA) is 86.4 Å². The van der Waals surface area contributed by atoms with E-state index in [9.17, 15) is 14.0 Å². The predicted octanol–water partition coefficient (Wildman–Crippen LogP) is 1.18. The van der Waals surface area contributed by atoms with Gasteiger partial charge >= 0.3 is 0 Å². The molecule has 0 aliphatic rings. The molecule has 7 heteroatoms. The molecular weight excluding hydrogens is 335 g/mol. The van der Waals surface area contributed by atoms with Gasteiger partial charge in [-0.1, -0.05) is 6.07 Å². The second kappa shape index (κ2) is 8.74. The highest BCUT2D eigenvalue weighted by Gasteiger charge is 2.24. The van der Waals surface area contributed by atoms with Gasteiger partial charge in [-0.2, -0.15) is 5.26 Å². The molecule has 0 heterocycles. The molecule has 0 saturated heterocycles. The number of hydrogen-bond donors (Lipinski definition) is 3. The van der Waals surface area contributed by atoms with Gasteiger partial charge in [0.05, 0.1) is 18.7 Å². The SMILES string of the molecule is C[C@H](C(=O)Nc1cccc(C#N)c1)[NH+](C)CC(=O)Nc1ccc(F)cc1. The summed E-state index contributed by atoms with van der Waals surface area (Å²) >= 11 is 0. The highest BCUT2D eigenvalue weighted by Crippen LogP contribution is 2.10. The second-order valence-electron chi connectivity index (χ2n) is 5.98. The number of nitrogens with one attached hydrogen (secondary N) is 3. The lowest BCUT2D eigenvalue weighted by molar-refractivity contribution is -0.885. The van der Waals surface area contributed by atoms with Crippen molar-refractivity contribution in [3.05, 3.63) is 59.9 Å². The van der Waals surface area contributed by atoms with E-state index in [-0.39, 0.29) is 24.2 Å². The van der Waals surface area contributed by atoms with Gasteiger partial charge in [0.15, 0.2) is 12.6 Å². The number of halogens is 1. The molecule has 0 fully saturated rings. The van der Waals surface area contributed by atoms with E-state index in [1.807, 2.05) is 6.07 Å². The summed E-state index contributed by atoms with van der Waals surface area (Å²) in [6.45, 7) is 1.79. The third kappa shape index (κ3) is 5.40. The minimum Gasteiger partial charge on any atom is -0.321 e. The Labute approximate surface area is 151 Å². The van der Waals surface area contributed by atoms with Crippen molar-refractivity contribution in [1.29, 1.82) is 5.26 Å². The van der Waals surface area contributed by atoms with Crippen molar-refractivity contribution in [3.8, 4) is 6.07 Å². The number of quaternary nitrogens is 1. The summed E-state index contributed by atoms with van der Waals surface area (Å²) in [6.07, 6.45) is 0. The van der Waals surface area contributed by atoms with Gasteiger partial charge in [-0.25, -0.2) is 4.39 Å². The van der Waals surface area contributed by atoms with Crippen LogP contribution < -0.4 is 15.5 Å². The third-order valence-electron chi connectivity index (χ3n) is 3.96. The van der Waals surface area contributed by atoms with Crippen LogP contribution >= 0.6 is 0 Å². The van der Waals surface area contributed by atoms with Gasteiger partial charge in [-0.15, -0.1) is 0 Å². The Balaban J connectivity index is 1.90. The van der Waals surface area contributed by atoms with E-state index in [1.54, 1.807) is 38.2 Å². The van der Waals surface area contributed by atoms with Gasteiger partial charge in [0.1, 0.15) is 5.82 Å². The predicted molar refractivity (Wildman–Crippen MR) is 96.0 cm³/mol. The molecule has 1 unspecified atom stereocenters. The zero-order valence-electron chi connectivity index (χ0n) is 14.5. The van der Waals surface area contributed by atoms with Crippen LogP contribution in [0.25, 0.3) is 0 Å². The smallest absolute Gasteiger partial charge is 0.282 e. The fraction of sp³-hybridized carbons (Fsp3) is 0.211. The number of amides is 2. The number of carbonyl (C=O) groups excluding carboxylic acids is 2. The van der Waals surface area contributed by atoms with E-state index in [4.69, 9.17) is 5.26 Å². The normalized spacial score (nSPS) is 12.5. The average molecular weight is 355 g/mol. The molecule has 134 valence electrons. The summed E-state index contributed by atoms with van der Waals surface area (Å²) in [5.74, 6) is -0.913. The van der Waals surface area contributed by atoms with Crippen LogP contribution in [0.4, 0.5) is 15.8 Å². The maximum absolute atomic E-state index is 12.9. The van der Waals surface area contributed by atoms with E-state index in [2.05, 4.69) is 10.6 Å². The van der Waals surface area contributed by atoms with Crippen LogP contribution in [0.5, 0.6) is 0 Å².